The Labute approximate surface area is 235 Å². The fourth-order valence-corrected chi connectivity index (χ4v) is 4.97. The Morgan fingerprint density at radius 3 is 2.55 bits per heavy atom. The number of aryl methyl sites for hydroxylation is 2. The molecule has 1 aliphatic carbocycles. The maximum absolute atomic E-state index is 12.5. The summed E-state index contributed by atoms with van der Waals surface area (Å²) in [4.78, 5) is 29.7. The standard InChI is InChI=1S/C30H26ClN7O2/c1-16-12-13-33-30(36-16)40-23-11-8-20(14-22(23)31)24-25-27(32)34-15-35-28(25)38(3)26(24)19-6-9-21(10-7-19)37-29(39)17(2)18-4-5-18/h6-15,18H,2,4-5H2,1,3H3,(H,37,39)(H2,32,34,35). The molecule has 0 unspecified atom stereocenters. The lowest BCUT2D eigenvalue weighted by molar-refractivity contribution is -0.113. The number of nitrogen functional groups attached to an aromatic ring is 1. The van der Waals surface area contributed by atoms with Crippen molar-refractivity contribution in [1.29, 1.82) is 0 Å². The molecule has 3 aromatic heterocycles. The molecule has 0 atom stereocenters. The average molecular weight is 552 g/mol. The van der Waals surface area contributed by atoms with Crippen molar-refractivity contribution in [3.63, 3.8) is 0 Å². The van der Waals surface area contributed by atoms with Crippen molar-refractivity contribution in [1.82, 2.24) is 24.5 Å². The molecule has 1 aliphatic rings. The van der Waals surface area contributed by atoms with Gasteiger partial charge in [-0.2, -0.15) is 0 Å². The van der Waals surface area contributed by atoms with E-state index < -0.39 is 0 Å². The lowest BCUT2D eigenvalue weighted by Gasteiger charge is -2.12. The van der Waals surface area contributed by atoms with Gasteiger partial charge in [0.15, 0.2) is 0 Å². The number of hydrogen-bond donors (Lipinski definition) is 2. The van der Waals surface area contributed by atoms with Gasteiger partial charge in [0.1, 0.15) is 23.5 Å². The first kappa shape index (κ1) is 25.5. The Morgan fingerprint density at radius 1 is 1.10 bits per heavy atom. The molecule has 6 rings (SSSR count). The highest BCUT2D eigenvalue weighted by Crippen LogP contribution is 2.44. The van der Waals surface area contributed by atoms with Crippen LogP contribution >= 0.6 is 11.6 Å². The summed E-state index contributed by atoms with van der Waals surface area (Å²) in [5.74, 6) is 0.942. The van der Waals surface area contributed by atoms with Crippen LogP contribution in [0.2, 0.25) is 5.02 Å². The third-order valence-corrected chi connectivity index (χ3v) is 7.26. The van der Waals surface area contributed by atoms with Gasteiger partial charge in [0.05, 0.1) is 16.1 Å². The van der Waals surface area contributed by atoms with Crippen LogP contribution in [-0.4, -0.2) is 30.4 Å². The molecule has 3 heterocycles. The topological polar surface area (TPSA) is 121 Å². The molecule has 9 nitrogen and oxygen atoms in total. The Bertz CT molecular complexity index is 1790. The molecule has 10 heteroatoms. The van der Waals surface area contributed by atoms with Crippen LogP contribution in [0.15, 0.2) is 73.2 Å². The zero-order valence-electron chi connectivity index (χ0n) is 22.0. The quantitative estimate of drug-likeness (QED) is 0.226. The lowest BCUT2D eigenvalue weighted by Crippen LogP contribution is -2.14. The fourth-order valence-electron chi connectivity index (χ4n) is 4.75. The zero-order chi connectivity index (χ0) is 28.0. The molecule has 0 saturated heterocycles. The maximum Gasteiger partial charge on any atom is 0.322 e. The minimum Gasteiger partial charge on any atom is -0.423 e. The monoisotopic (exact) mass is 551 g/mol. The molecule has 3 N–H and O–H groups in total. The predicted molar refractivity (Wildman–Crippen MR) is 156 cm³/mol. The highest BCUT2D eigenvalue weighted by atomic mass is 35.5. The van der Waals surface area contributed by atoms with E-state index in [9.17, 15) is 4.79 Å². The van der Waals surface area contributed by atoms with E-state index >= 15 is 0 Å². The van der Waals surface area contributed by atoms with Crippen molar-refractivity contribution in [2.45, 2.75) is 19.8 Å². The Balaban J connectivity index is 1.40. The van der Waals surface area contributed by atoms with Gasteiger partial charge < -0.3 is 20.4 Å². The molecule has 1 amide bonds. The molecule has 0 aliphatic heterocycles. The number of nitrogens with two attached hydrogens (primary N) is 1. The first-order valence-corrected chi connectivity index (χ1v) is 13.1. The van der Waals surface area contributed by atoms with Crippen LogP contribution in [0.5, 0.6) is 11.8 Å². The van der Waals surface area contributed by atoms with Gasteiger partial charge in [-0.05, 0) is 67.1 Å². The Hall–Kier alpha value is -4.76. The van der Waals surface area contributed by atoms with Gasteiger partial charge >= 0.3 is 6.01 Å². The number of nitrogens with one attached hydrogen (secondary N) is 1. The maximum atomic E-state index is 12.5. The van der Waals surface area contributed by atoms with Gasteiger partial charge in [0, 0.05) is 35.8 Å². The van der Waals surface area contributed by atoms with Gasteiger partial charge in [-0.25, -0.2) is 19.9 Å². The van der Waals surface area contributed by atoms with Crippen LogP contribution in [0.25, 0.3) is 33.4 Å². The van der Waals surface area contributed by atoms with Crippen LogP contribution < -0.4 is 15.8 Å². The number of carbonyl (C=O) groups excluding carboxylic acids is 1. The molecule has 40 heavy (non-hydrogen) atoms. The van der Waals surface area contributed by atoms with Gasteiger partial charge in [0.25, 0.3) is 5.91 Å². The molecule has 1 fully saturated rings. The second-order valence-corrected chi connectivity index (χ2v) is 10.2. The Kier molecular flexibility index (Phi) is 6.43. The van der Waals surface area contributed by atoms with Crippen LogP contribution in [0, 0.1) is 12.8 Å². The summed E-state index contributed by atoms with van der Waals surface area (Å²) in [6.45, 7) is 5.80. The second-order valence-electron chi connectivity index (χ2n) is 9.80. The van der Waals surface area contributed by atoms with Gasteiger partial charge in [0.2, 0.25) is 0 Å². The number of carbonyl (C=O) groups is 1. The second kappa shape index (κ2) is 10.1. The van der Waals surface area contributed by atoms with Crippen LogP contribution in [0.4, 0.5) is 11.5 Å². The van der Waals surface area contributed by atoms with E-state index in [0.29, 0.717) is 44.8 Å². The smallest absolute Gasteiger partial charge is 0.322 e. The van der Waals surface area contributed by atoms with Crippen molar-refractivity contribution in [3.8, 4) is 34.1 Å². The molecule has 200 valence electrons. The van der Waals surface area contributed by atoms with Gasteiger partial charge in [-0.3, -0.25) is 4.79 Å². The number of aromatic nitrogens is 5. The summed E-state index contributed by atoms with van der Waals surface area (Å²) in [5, 5.41) is 4.04. The number of nitrogens with zero attached hydrogens (tertiary/aromatic N) is 5. The first-order chi connectivity index (χ1) is 19.3. The summed E-state index contributed by atoms with van der Waals surface area (Å²) >= 11 is 6.69. The number of ether oxygens (including phenoxy) is 1. The van der Waals surface area contributed by atoms with E-state index in [1.807, 2.05) is 54.9 Å². The van der Waals surface area contributed by atoms with E-state index in [1.54, 1.807) is 18.3 Å². The largest absolute Gasteiger partial charge is 0.423 e. The number of amides is 1. The zero-order valence-corrected chi connectivity index (χ0v) is 22.7. The minimum absolute atomic E-state index is 0.142. The number of benzene rings is 2. The predicted octanol–water partition coefficient (Wildman–Crippen LogP) is 6.33. The third kappa shape index (κ3) is 4.76. The van der Waals surface area contributed by atoms with Crippen LogP contribution in [-0.2, 0) is 11.8 Å². The molecule has 5 aromatic rings. The third-order valence-electron chi connectivity index (χ3n) is 6.97. The average Bonchev–Trinajstić information content (AvgIpc) is 3.74. The fraction of sp³-hybridized carbons (Fsp3) is 0.167. The normalized spacial score (nSPS) is 12.9. The SMILES string of the molecule is C=C(C(=O)Nc1ccc(-c2c(-c3ccc(Oc4nccc(C)n4)c(Cl)c3)c3c(N)ncnc3n2C)cc1)C1CC1. The molecule has 1 saturated carbocycles. The van der Waals surface area contributed by atoms with Gasteiger partial charge in [-0.1, -0.05) is 36.4 Å². The van der Waals surface area contributed by atoms with E-state index in [0.717, 1.165) is 40.9 Å². The van der Waals surface area contributed by atoms with Crippen molar-refractivity contribution < 1.29 is 9.53 Å². The van der Waals surface area contributed by atoms with Gasteiger partial charge in [-0.15, -0.1) is 0 Å². The number of halogens is 1. The number of anilines is 2. The molecule has 0 bridgehead atoms. The summed E-state index contributed by atoms with van der Waals surface area (Å²) in [6, 6.07) is 15.1. The molecular weight excluding hydrogens is 526 g/mol. The van der Waals surface area contributed by atoms with Crippen molar-refractivity contribution in [2.75, 3.05) is 11.1 Å². The summed E-state index contributed by atoms with van der Waals surface area (Å²) < 4.78 is 7.82. The number of fused-ring (bicyclic) bond motifs is 1. The van der Waals surface area contributed by atoms with Crippen molar-refractivity contribution in [3.05, 3.63) is 83.9 Å². The van der Waals surface area contributed by atoms with E-state index in [4.69, 9.17) is 22.1 Å². The lowest BCUT2D eigenvalue weighted by atomic mass is 9.98. The highest BCUT2D eigenvalue weighted by molar-refractivity contribution is 6.32. The van der Waals surface area contributed by atoms with E-state index in [2.05, 4.69) is 31.8 Å². The van der Waals surface area contributed by atoms with Crippen LogP contribution in [0.1, 0.15) is 18.5 Å². The number of hydrogen-bond acceptors (Lipinski definition) is 7. The number of rotatable bonds is 7. The Morgan fingerprint density at radius 2 is 1.85 bits per heavy atom. The van der Waals surface area contributed by atoms with Crippen LogP contribution in [0.3, 0.4) is 0 Å². The molecule has 0 spiro atoms. The summed E-state index contributed by atoms with van der Waals surface area (Å²) in [6.07, 6.45) is 5.13. The highest BCUT2D eigenvalue weighted by Gasteiger charge is 2.29. The minimum atomic E-state index is -0.142. The van der Waals surface area contributed by atoms with E-state index in [1.165, 1.54) is 6.33 Å². The molecular formula is C30H26ClN7O2. The van der Waals surface area contributed by atoms with E-state index in [-0.39, 0.29) is 11.9 Å². The van der Waals surface area contributed by atoms with Crippen molar-refractivity contribution in [2.24, 2.45) is 13.0 Å². The van der Waals surface area contributed by atoms with Crippen molar-refractivity contribution >= 4 is 40.0 Å². The first-order valence-electron chi connectivity index (χ1n) is 12.8. The summed E-state index contributed by atoms with van der Waals surface area (Å²) in [5.41, 5.74) is 12.6. The molecule has 2 aromatic carbocycles. The molecule has 0 radical (unpaired) electrons. The summed E-state index contributed by atoms with van der Waals surface area (Å²) in [7, 11) is 1.93.